The Morgan fingerprint density at radius 3 is 2.95 bits per heavy atom. The smallest absolute Gasteiger partial charge is 0.135 e. The molecule has 1 aliphatic rings. The van der Waals surface area contributed by atoms with Gasteiger partial charge >= 0.3 is 0 Å². The fourth-order valence-corrected chi connectivity index (χ4v) is 2.64. The predicted molar refractivity (Wildman–Crippen MR) is 101 cm³/mol. The van der Waals surface area contributed by atoms with Crippen molar-refractivity contribution in [1.29, 1.82) is 5.26 Å². The molecule has 1 aliphatic heterocycles. The Morgan fingerprint density at radius 1 is 1.68 bits per heavy atom. The molecule has 6 heteroatoms. The average molecular weight is 377 g/mol. The lowest BCUT2D eigenvalue weighted by Crippen LogP contribution is -2.15. The zero-order valence-electron chi connectivity index (χ0n) is 12.6. The predicted octanol–water partition coefficient (Wildman–Crippen LogP) is 3.85. The molecule has 22 heavy (non-hydrogen) atoms. The van der Waals surface area contributed by atoms with Gasteiger partial charge in [-0.2, -0.15) is 5.26 Å². The SMILES string of the molecule is C=C/C=C(\C=NC)C(=S)N=C(Br)CC1=NCC(C#N)C=C1C. The molecular weight excluding hydrogens is 360 g/mol. The van der Waals surface area contributed by atoms with E-state index in [2.05, 4.69) is 43.6 Å². The van der Waals surface area contributed by atoms with Crippen LogP contribution in [0.4, 0.5) is 0 Å². The van der Waals surface area contributed by atoms with Crippen molar-refractivity contribution >= 4 is 49.7 Å². The number of aliphatic imine (C=N–C) groups is 3. The molecule has 0 aliphatic carbocycles. The first-order valence-corrected chi connectivity index (χ1v) is 7.86. The van der Waals surface area contributed by atoms with E-state index >= 15 is 0 Å². The second-order valence-corrected chi connectivity index (χ2v) is 5.89. The number of allylic oxidation sites excluding steroid dienone is 3. The number of nitriles is 1. The van der Waals surface area contributed by atoms with E-state index in [9.17, 15) is 0 Å². The van der Waals surface area contributed by atoms with Gasteiger partial charge in [0, 0.05) is 31.0 Å². The van der Waals surface area contributed by atoms with Gasteiger partial charge in [-0.3, -0.25) is 9.98 Å². The molecule has 0 aromatic carbocycles. The Kier molecular flexibility index (Phi) is 7.78. The summed E-state index contributed by atoms with van der Waals surface area (Å²) < 4.78 is 0.693. The van der Waals surface area contributed by atoms with Crippen molar-refractivity contribution < 1.29 is 0 Å². The van der Waals surface area contributed by atoms with Crippen LogP contribution in [-0.4, -0.2) is 35.1 Å². The van der Waals surface area contributed by atoms with E-state index in [1.54, 1.807) is 25.4 Å². The van der Waals surface area contributed by atoms with Crippen LogP contribution < -0.4 is 0 Å². The molecule has 0 saturated carbocycles. The second-order valence-electron chi connectivity index (χ2n) is 4.59. The van der Waals surface area contributed by atoms with Crippen LogP contribution in [0.15, 0.2) is 50.9 Å². The highest BCUT2D eigenvalue weighted by molar-refractivity contribution is 9.18. The molecule has 1 heterocycles. The third-order valence-electron chi connectivity index (χ3n) is 2.90. The Labute approximate surface area is 144 Å². The maximum absolute atomic E-state index is 8.92. The number of hydrogen-bond donors (Lipinski definition) is 0. The Hall–Kier alpha value is -1.71. The molecule has 1 rings (SSSR count). The molecule has 0 fully saturated rings. The van der Waals surface area contributed by atoms with Crippen LogP contribution in [0.1, 0.15) is 13.3 Å². The number of thiocarbonyl (C=S) groups is 1. The molecule has 4 nitrogen and oxygen atoms in total. The summed E-state index contributed by atoms with van der Waals surface area (Å²) in [5.41, 5.74) is 2.66. The third-order valence-corrected chi connectivity index (χ3v) is 3.68. The molecule has 0 radical (unpaired) electrons. The van der Waals surface area contributed by atoms with E-state index in [4.69, 9.17) is 17.5 Å². The number of dihydropyridines is 1. The van der Waals surface area contributed by atoms with Crippen molar-refractivity contribution in [2.24, 2.45) is 20.9 Å². The Bertz CT molecular complexity index is 648. The van der Waals surface area contributed by atoms with E-state index in [-0.39, 0.29) is 5.92 Å². The zero-order valence-corrected chi connectivity index (χ0v) is 15.0. The first-order chi connectivity index (χ1) is 10.5. The van der Waals surface area contributed by atoms with Crippen LogP contribution in [-0.2, 0) is 0 Å². The van der Waals surface area contributed by atoms with Crippen molar-refractivity contribution in [2.75, 3.05) is 13.6 Å². The highest BCUT2D eigenvalue weighted by Gasteiger charge is 2.15. The number of nitrogens with zero attached hydrogens (tertiary/aromatic N) is 4. The van der Waals surface area contributed by atoms with Crippen molar-refractivity contribution in [2.45, 2.75) is 13.3 Å². The van der Waals surface area contributed by atoms with Gasteiger partial charge in [0.2, 0.25) is 0 Å². The molecule has 1 unspecified atom stereocenters. The largest absolute Gasteiger partial charge is 0.296 e. The van der Waals surface area contributed by atoms with Gasteiger partial charge in [0.15, 0.2) is 0 Å². The molecule has 0 amide bonds. The van der Waals surface area contributed by atoms with Gasteiger partial charge in [-0.15, -0.1) is 0 Å². The minimum atomic E-state index is -0.136. The molecule has 114 valence electrons. The van der Waals surface area contributed by atoms with Crippen molar-refractivity contribution in [3.05, 3.63) is 36.0 Å². The summed E-state index contributed by atoms with van der Waals surface area (Å²) in [6.07, 6.45) is 7.54. The monoisotopic (exact) mass is 376 g/mol. The second kappa shape index (κ2) is 9.34. The Balaban J connectivity index is 2.83. The maximum Gasteiger partial charge on any atom is 0.135 e. The van der Waals surface area contributed by atoms with E-state index in [0.29, 0.717) is 22.6 Å². The van der Waals surface area contributed by atoms with E-state index in [1.165, 1.54) is 0 Å². The topological polar surface area (TPSA) is 60.9 Å². The van der Waals surface area contributed by atoms with Crippen molar-refractivity contribution in [1.82, 2.24) is 0 Å². The lowest BCUT2D eigenvalue weighted by atomic mass is 10.00. The standard InChI is InChI=1S/C16H17BrN4S/c1-4-5-13(10-19-3)16(22)21-15(17)7-14-11(2)6-12(8-18)9-20-14/h4-6,10,12H,1,7,9H2,2-3H3/b13-5+,19-10?,21-15?. The molecular formula is C16H17BrN4S. The molecule has 0 bridgehead atoms. The molecule has 0 spiro atoms. The molecule has 0 aromatic rings. The lowest BCUT2D eigenvalue weighted by molar-refractivity contribution is 0.814. The van der Waals surface area contributed by atoms with Crippen LogP contribution in [0.25, 0.3) is 0 Å². The Morgan fingerprint density at radius 2 is 2.41 bits per heavy atom. The summed E-state index contributed by atoms with van der Waals surface area (Å²) in [6.45, 7) is 6.10. The van der Waals surface area contributed by atoms with Crippen LogP contribution in [0.5, 0.6) is 0 Å². The summed E-state index contributed by atoms with van der Waals surface area (Å²) in [5.74, 6) is -0.136. The van der Waals surface area contributed by atoms with Gasteiger partial charge in [0.25, 0.3) is 0 Å². The lowest BCUT2D eigenvalue weighted by Gasteiger charge is -2.14. The van der Waals surface area contributed by atoms with Gasteiger partial charge in [-0.25, -0.2) is 4.99 Å². The first kappa shape index (κ1) is 18.3. The summed E-state index contributed by atoms with van der Waals surface area (Å²) in [6, 6.07) is 2.21. The van der Waals surface area contributed by atoms with Gasteiger partial charge in [0.05, 0.1) is 23.2 Å². The highest BCUT2D eigenvalue weighted by Crippen LogP contribution is 2.16. The fraction of sp³-hybridized carbons (Fsp3) is 0.312. The molecule has 0 aromatic heterocycles. The van der Waals surface area contributed by atoms with Crippen LogP contribution in [0.3, 0.4) is 0 Å². The molecule has 0 N–H and O–H groups in total. The minimum absolute atomic E-state index is 0.136. The van der Waals surface area contributed by atoms with Crippen LogP contribution >= 0.6 is 28.1 Å². The maximum atomic E-state index is 8.92. The zero-order chi connectivity index (χ0) is 16.5. The van der Waals surface area contributed by atoms with Gasteiger partial charge < -0.3 is 0 Å². The molecule has 0 saturated heterocycles. The first-order valence-electron chi connectivity index (χ1n) is 6.65. The van der Waals surface area contributed by atoms with Crippen molar-refractivity contribution in [3.8, 4) is 6.07 Å². The number of halogens is 1. The number of rotatable bonds is 5. The normalized spacial score (nSPS) is 19.5. The number of hydrogen-bond acceptors (Lipinski definition) is 4. The summed E-state index contributed by atoms with van der Waals surface area (Å²) in [5, 5.41) is 8.92. The van der Waals surface area contributed by atoms with E-state index < -0.39 is 0 Å². The van der Waals surface area contributed by atoms with Gasteiger partial charge in [0.1, 0.15) is 4.99 Å². The summed E-state index contributed by atoms with van der Waals surface area (Å²) in [4.78, 5) is 13.2. The van der Waals surface area contributed by atoms with E-state index in [0.717, 1.165) is 16.9 Å². The molecule has 1 atom stereocenters. The van der Waals surface area contributed by atoms with Gasteiger partial charge in [-0.05, 0) is 28.4 Å². The quantitative estimate of drug-likeness (QED) is 0.316. The third kappa shape index (κ3) is 5.58. The van der Waals surface area contributed by atoms with Crippen LogP contribution in [0.2, 0.25) is 0 Å². The summed E-state index contributed by atoms with van der Waals surface area (Å²) >= 11 is 8.73. The fourth-order valence-electron chi connectivity index (χ4n) is 1.85. The van der Waals surface area contributed by atoms with Gasteiger partial charge in [-0.1, -0.05) is 37.0 Å². The van der Waals surface area contributed by atoms with Crippen molar-refractivity contribution in [3.63, 3.8) is 0 Å². The highest BCUT2D eigenvalue weighted by atomic mass is 79.9. The summed E-state index contributed by atoms with van der Waals surface area (Å²) in [7, 11) is 1.68. The average Bonchev–Trinajstić information content (AvgIpc) is 2.49. The van der Waals surface area contributed by atoms with E-state index in [1.807, 2.05) is 13.0 Å². The van der Waals surface area contributed by atoms with Crippen LogP contribution in [0, 0.1) is 17.2 Å². The minimum Gasteiger partial charge on any atom is -0.296 e.